The molecule has 0 aliphatic rings. The molecular formula is C16H13NO4S. The van der Waals surface area contributed by atoms with Gasteiger partial charge in [0.05, 0.1) is 9.82 Å². The van der Waals surface area contributed by atoms with Crippen LogP contribution in [0.1, 0.15) is 11.1 Å². The topological polar surface area (TPSA) is 80.4 Å². The number of carboxylic acids is 1. The van der Waals surface area contributed by atoms with Gasteiger partial charge in [-0.05, 0) is 23.3 Å². The molecule has 0 atom stereocenters. The van der Waals surface area contributed by atoms with E-state index in [9.17, 15) is 14.9 Å². The van der Waals surface area contributed by atoms with E-state index >= 15 is 0 Å². The number of carbonyl (C=O) groups is 1. The highest BCUT2D eigenvalue weighted by Crippen LogP contribution is 2.32. The Hall–Kier alpha value is -2.60. The van der Waals surface area contributed by atoms with Gasteiger partial charge in [0.15, 0.2) is 0 Å². The maximum atomic E-state index is 11.2. The lowest BCUT2D eigenvalue weighted by atomic mass is 10.2. The minimum atomic E-state index is -1.09. The minimum Gasteiger partial charge on any atom is -0.478 e. The number of thioether (sulfide) groups is 1. The number of carboxylic acid groups (broad SMARTS) is 1. The fraction of sp³-hybridized carbons (Fsp3) is 0.0625. The van der Waals surface area contributed by atoms with Crippen LogP contribution < -0.4 is 0 Å². The van der Waals surface area contributed by atoms with Crippen molar-refractivity contribution in [1.29, 1.82) is 0 Å². The molecule has 0 saturated heterocycles. The summed E-state index contributed by atoms with van der Waals surface area (Å²) in [7, 11) is 0. The molecule has 5 nitrogen and oxygen atoms in total. The van der Waals surface area contributed by atoms with Crippen molar-refractivity contribution in [1.82, 2.24) is 0 Å². The van der Waals surface area contributed by atoms with Crippen LogP contribution in [0.4, 0.5) is 5.69 Å². The Morgan fingerprint density at radius 2 is 1.95 bits per heavy atom. The lowest BCUT2D eigenvalue weighted by Crippen LogP contribution is -1.93. The molecular weight excluding hydrogens is 302 g/mol. The van der Waals surface area contributed by atoms with E-state index in [0.29, 0.717) is 16.2 Å². The largest absolute Gasteiger partial charge is 0.478 e. The lowest BCUT2D eigenvalue weighted by Gasteiger charge is -2.04. The average Bonchev–Trinajstić information content (AvgIpc) is 2.52. The zero-order chi connectivity index (χ0) is 15.9. The molecule has 2 aromatic rings. The molecule has 0 bridgehead atoms. The fourth-order valence-corrected chi connectivity index (χ4v) is 2.77. The maximum absolute atomic E-state index is 11.2. The predicted octanol–water partition coefficient (Wildman–Crippen LogP) is 3.98. The molecule has 1 N–H and O–H groups in total. The van der Waals surface area contributed by atoms with Crippen molar-refractivity contribution < 1.29 is 14.8 Å². The van der Waals surface area contributed by atoms with E-state index in [4.69, 9.17) is 5.11 Å². The lowest BCUT2D eigenvalue weighted by molar-refractivity contribution is -0.387. The quantitative estimate of drug-likeness (QED) is 0.377. The van der Waals surface area contributed by atoms with Crippen LogP contribution in [0.25, 0.3) is 6.08 Å². The van der Waals surface area contributed by atoms with Gasteiger partial charge in [-0.3, -0.25) is 10.1 Å². The number of rotatable bonds is 6. The number of hydrogen-bond acceptors (Lipinski definition) is 4. The Morgan fingerprint density at radius 3 is 2.59 bits per heavy atom. The number of aliphatic carboxylic acids is 1. The first kappa shape index (κ1) is 15.8. The van der Waals surface area contributed by atoms with Crippen LogP contribution in [-0.4, -0.2) is 16.0 Å². The smallest absolute Gasteiger partial charge is 0.328 e. The van der Waals surface area contributed by atoms with Crippen LogP contribution in [0, 0.1) is 10.1 Å². The number of hydrogen-bond donors (Lipinski definition) is 1. The average molecular weight is 315 g/mol. The molecule has 112 valence electrons. The van der Waals surface area contributed by atoms with E-state index in [1.807, 2.05) is 30.3 Å². The third kappa shape index (κ3) is 4.46. The summed E-state index contributed by atoms with van der Waals surface area (Å²) in [6.07, 6.45) is 2.29. The highest BCUT2D eigenvalue weighted by molar-refractivity contribution is 7.98. The van der Waals surface area contributed by atoms with Crippen molar-refractivity contribution in [3.8, 4) is 0 Å². The van der Waals surface area contributed by atoms with Crippen LogP contribution in [0.5, 0.6) is 0 Å². The summed E-state index contributed by atoms with van der Waals surface area (Å²) in [4.78, 5) is 21.8. The van der Waals surface area contributed by atoms with E-state index in [1.54, 1.807) is 12.1 Å². The van der Waals surface area contributed by atoms with Crippen molar-refractivity contribution in [2.75, 3.05) is 0 Å². The summed E-state index contributed by atoms with van der Waals surface area (Å²) >= 11 is 1.38. The van der Waals surface area contributed by atoms with E-state index in [-0.39, 0.29) is 5.69 Å². The Labute approximate surface area is 131 Å². The highest BCUT2D eigenvalue weighted by Gasteiger charge is 2.14. The third-order valence-electron chi connectivity index (χ3n) is 2.84. The Bertz CT molecular complexity index is 713. The van der Waals surface area contributed by atoms with Gasteiger partial charge in [0.25, 0.3) is 5.69 Å². The second-order valence-corrected chi connectivity index (χ2v) is 5.45. The van der Waals surface area contributed by atoms with Gasteiger partial charge in [-0.25, -0.2) is 4.79 Å². The van der Waals surface area contributed by atoms with Crippen molar-refractivity contribution in [3.05, 3.63) is 75.8 Å². The van der Waals surface area contributed by atoms with Crippen LogP contribution in [0.3, 0.4) is 0 Å². The molecule has 0 radical (unpaired) electrons. The molecule has 6 heteroatoms. The van der Waals surface area contributed by atoms with E-state index < -0.39 is 10.9 Å². The van der Waals surface area contributed by atoms with E-state index in [1.165, 1.54) is 23.9 Å². The highest BCUT2D eigenvalue weighted by atomic mass is 32.2. The molecule has 0 aromatic heterocycles. The van der Waals surface area contributed by atoms with E-state index in [2.05, 4.69) is 0 Å². The summed E-state index contributed by atoms with van der Waals surface area (Å²) in [5.74, 6) is -0.461. The van der Waals surface area contributed by atoms with Gasteiger partial charge in [-0.15, -0.1) is 11.8 Å². The van der Waals surface area contributed by atoms with Crippen LogP contribution in [0.15, 0.2) is 59.5 Å². The molecule has 2 aromatic carbocycles. The summed E-state index contributed by atoms with van der Waals surface area (Å²) in [6, 6.07) is 14.4. The molecule has 0 unspecified atom stereocenters. The first-order valence-electron chi connectivity index (χ1n) is 6.42. The summed E-state index contributed by atoms with van der Waals surface area (Å²) in [6.45, 7) is 0. The maximum Gasteiger partial charge on any atom is 0.328 e. The van der Waals surface area contributed by atoms with Crippen LogP contribution in [-0.2, 0) is 10.5 Å². The molecule has 0 fully saturated rings. The predicted molar refractivity (Wildman–Crippen MR) is 85.8 cm³/mol. The summed E-state index contributed by atoms with van der Waals surface area (Å²) < 4.78 is 0. The molecule has 0 spiro atoms. The molecule has 0 saturated carbocycles. The van der Waals surface area contributed by atoms with Gasteiger partial charge in [-0.2, -0.15) is 0 Å². The molecule has 0 amide bonds. The molecule has 0 aliphatic carbocycles. The molecule has 0 aliphatic heterocycles. The fourth-order valence-electron chi connectivity index (χ4n) is 1.81. The Kier molecular flexibility index (Phi) is 5.32. The van der Waals surface area contributed by atoms with Crippen LogP contribution >= 0.6 is 11.8 Å². The van der Waals surface area contributed by atoms with Gasteiger partial charge in [0.2, 0.25) is 0 Å². The monoisotopic (exact) mass is 315 g/mol. The van der Waals surface area contributed by atoms with Crippen molar-refractivity contribution in [2.24, 2.45) is 0 Å². The van der Waals surface area contributed by atoms with Gasteiger partial charge in [0, 0.05) is 17.9 Å². The Balaban J connectivity index is 2.20. The summed E-state index contributed by atoms with van der Waals surface area (Å²) in [5.41, 5.74) is 1.54. The number of nitro groups is 1. The van der Waals surface area contributed by atoms with Gasteiger partial charge >= 0.3 is 5.97 Å². The van der Waals surface area contributed by atoms with E-state index in [0.717, 1.165) is 11.6 Å². The number of benzene rings is 2. The normalized spacial score (nSPS) is 10.7. The number of nitro benzene ring substituents is 1. The minimum absolute atomic E-state index is 0.0199. The Morgan fingerprint density at radius 1 is 1.23 bits per heavy atom. The van der Waals surface area contributed by atoms with Crippen molar-refractivity contribution >= 4 is 29.5 Å². The second kappa shape index (κ2) is 7.42. The van der Waals surface area contributed by atoms with Gasteiger partial charge in [0.1, 0.15) is 0 Å². The van der Waals surface area contributed by atoms with Gasteiger partial charge in [-0.1, -0.05) is 36.4 Å². The van der Waals surface area contributed by atoms with Crippen molar-refractivity contribution in [3.63, 3.8) is 0 Å². The summed E-state index contributed by atoms with van der Waals surface area (Å²) in [5, 5.41) is 19.8. The molecule has 2 rings (SSSR count). The van der Waals surface area contributed by atoms with Crippen molar-refractivity contribution in [2.45, 2.75) is 10.6 Å². The first-order chi connectivity index (χ1) is 10.6. The first-order valence-corrected chi connectivity index (χ1v) is 7.41. The molecule has 22 heavy (non-hydrogen) atoms. The zero-order valence-electron chi connectivity index (χ0n) is 11.5. The second-order valence-electron chi connectivity index (χ2n) is 4.43. The molecule has 0 heterocycles. The third-order valence-corrected chi connectivity index (χ3v) is 3.97. The standard InChI is InChI=1S/C16H13NO4S/c18-16(19)9-7-12-6-8-15(14(10-12)17(20)21)22-11-13-4-2-1-3-5-13/h1-10H,11H2,(H,18,19). The SMILES string of the molecule is O=C(O)C=Cc1ccc(SCc2ccccc2)c([N+](=O)[O-])c1. The number of nitrogens with zero attached hydrogens (tertiary/aromatic N) is 1. The zero-order valence-corrected chi connectivity index (χ0v) is 12.3. The van der Waals surface area contributed by atoms with Crippen LogP contribution in [0.2, 0.25) is 0 Å². The van der Waals surface area contributed by atoms with Gasteiger partial charge < -0.3 is 5.11 Å².